The molecule has 2 amide bonds. The second-order valence-electron chi connectivity index (χ2n) is 6.75. The number of nitrogens with zero attached hydrogens (tertiary/aromatic N) is 3. The maximum Gasteiger partial charge on any atom is 0.329 e. The number of carbonyl (C=O) groups is 2. The largest absolute Gasteiger partial charge is 0.480 e. The minimum absolute atomic E-state index is 0.0776. The molecule has 6 nitrogen and oxygen atoms in total. The maximum absolute atomic E-state index is 12.8. The van der Waals surface area contributed by atoms with Crippen LogP contribution in [0.15, 0.2) is 0 Å². The van der Waals surface area contributed by atoms with E-state index in [0.29, 0.717) is 19.0 Å². The van der Waals surface area contributed by atoms with Gasteiger partial charge in [-0.15, -0.1) is 0 Å². The number of amides is 2. The highest BCUT2D eigenvalue weighted by molar-refractivity contribution is 5.86. The van der Waals surface area contributed by atoms with Crippen molar-refractivity contribution in [3.8, 4) is 0 Å². The van der Waals surface area contributed by atoms with Gasteiger partial charge >= 0.3 is 12.0 Å². The molecule has 0 aromatic rings. The lowest BCUT2D eigenvalue weighted by atomic mass is 9.99. The van der Waals surface area contributed by atoms with Crippen molar-refractivity contribution in [3.05, 3.63) is 0 Å². The topological polar surface area (TPSA) is 64.1 Å². The molecule has 3 heterocycles. The van der Waals surface area contributed by atoms with Crippen LogP contribution in [0.25, 0.3) is 0 Å². The minimum atomic E-state index is -1.03. The van der Waals surface area contributed by atoms with Crippen molar-refractivity contribution in [1.29, 1.82) is 0 Å². The molecule has 0 spiro atoms. The zero-order chi connectivity index (χ0) is 15.0. The lowest BCUT2D eigenvalue weighted by molar-refractivity contribution is -0.147. The summed E-state index contributed by atoms with van der Waals surface area (Å²) in [5, 5.41) is 9.48. The van der Waals surface area contributed by atoms with E-state index in [0.717, 1.165) is 45.4 Å². The van der Waals surface area contributed by atoms with Crippen LogP contribution in [0.5, 0.6) is 0 Å². The molecule has 21 heavy (non-hydrogen) atoms. The summed E-state index contributed by atoms with van der Waals surface area (Å²) in [5.74, 6) is -0.884. The molecule has 118 valence electrons. The SMILES string of the molecule is CC1(C(=O)O)CCCN1C(=O)N1CCCN2CCCC2C1. The summed E-state index contributed by atoms with van der Waals surface area (Å²) in [5.41, 5.74) is -1.03. The normalized spacial score (nSPS) is 33.9. The molecule has 0 saturated carbocycles. The third-order valence-electron chi connectivity index (χ3n) is 5.41. The standard InChI is InChI=1S/C15H25N3O3/c1-15(13(19)20)6-3-10-18(15)14(21)17-9-4-8-16-7-2-5-12(16)11-17/h12H,2-11H2,1H3,(H,19,20). The number of carboxylic acid groups (broad SMARTS) is 1. The molecule has 3 rings (SSSR count). The average Bonchev–Trinajstić information content (AvgIpc) is 3.00. The fourth-order valence-electron chi connectivity index (χ4n) is 4.04. The van der Waals surface area contributed by atoms with E-state index in [2.05, 4.69) is 4.90 Å². The Labute approximate surface area is 125 Å². The molecule has 0 aromatic heterocycles. The van der Waals surface area contributed by atoms with Crippen LogP contribution < -0.4 is 0 Å². The zero-order valence-electron chi connectivity index (χ0n) is 12.8. The fraction of sp³-hybridized carbons (Fsp3) is 0.867. The molecule has 2 unspecified atom stereocenters. The maximum atomic E-state index is 12.8. The number of carboxylic acids is 1. The molecule has 1 N–H and O–H groups in total. The van der Waals surface area contributed by atoms with Crippen LogP contribution in [0.1, 0.15) is 39.0 Å². The predicted molar refractivity (Wildman–Crippen MR) is 78.2 cm³/mol. The molecule has 6 heteroatoms. The molecule has 0 aromatic carbocycles. The third-order valence-corrected chi connectivity index (χ3v) is 5.41. The van der Waals surface area contributed by atoms with Crippen molar-refractivity contribution in [1.82, 2.24) is 14.7 Å². The van der Waals surface area contributed by atoms with Crippen molar-refractivity contribution in [2.75, 3.05) is 32.7 Å². The number of urea groups is 1. The molecule has 0 bridgehead atoms. The van der Waals surface area contributed by atoms with Gasteiger partial charge in [-0.2, -0.15) is 0 Å². The van der Waals surface area contributed by atoms with Gasteiger partial charge in [0.05, 0.1) is 0 Å². The van der Waals surface area contributed by atoms with E-state index < -0.39 is 11.5 Å². The van der Waals surface area contributed by atoms with Gasteiger partial charge in [0.2, 0.25) is 0 Å². The number of fused-ring (bicyclic) bond motifs is 1. The molecule has 3 saturated heterocycles. The summed E-state index contributed by atoms with van der Waals surface area (Å²) in [4.78, 5) is 30.3. The molecule has 3 aliphatic rings. The van der Waals surface area contributed by atoms with Gasteiger partial charge in [0.1, 0.15) is 5.54 Å². The summed E-state index contributed by atoms with van der Waals surface area (Å²) >= 11 is 0. The Bertz CT molecular complexity index is 442. The Kier molecular flexibility index (Phi) is 3.82. The highest BCUT2D eigenvalue weighted by atomic mass is 16.4. The van der Waals surface area contributed by atoms with Gasteiger partial charge in [0.15, 0.2) is 0 Å². The van der Waals surface area contributed by atoms with E-state index in [-0.39, 0.29) is 6.03 Å². The van der Waals surface area contributed by atoms with Gasteiger partial charge in [-0.1, -0.05) is 0 Å². The summed E-state index contributed by atoms with van der Waals surface area (Å²) < 4.78 is 0. The Morgan fingerprint density at radius 2 is 1.86 bits per heavy atom. The van der Waals surface area contributed by atoms with E-state index in [1.807, 2.05) is 4.90 Å². The Morgan fingerprint density at radius 1 is 1.10 bits per heavy atom. The molecule has 2 atom stereocenters. The van der Waals surface area contributed by atoms with Gasteiger partial charge in [-0.25, -0.2) is 9.59 Å². The van der Waals surface area contributed by atoms with Gasteiger partial charge in [0, 0.05) is 32.2 Å². The van der Waals surface area contributed by atoms with Crippen molar-refractivity contribution in [2.24, 2.45) is 0 Å². The lowest BCUT2D eigenvalue weighted by Crippen LogP contribution is -2.56. The fourth-order valence-corrected chi connectivity index (χ4v) is 4.04. The first-order valence-corrected chi connectivity index (χ1v) is 8.06. The van der Waals surface area contributed by atoms with Crippen LogP contribution in [-0.4, -0.2) is 76.1 Å². The van der Waals surface area contributed by atoms with Crippen molar-refractivity contribution in [2.45, 2.75) is 50.6 Å². The summed E-state index contributed by atoms with van der Waals surface area (Å²) in [6, 6.07) is 0.390. The van der Waals surface area contributed by atoms with Crippen LogP contribution >= 0.6 is 0 Å². The van der Waals surface area contributed by atoms with Crippen LogP contribution in [0.3, 0.4) is 0 Å². The van der Waals surface area contributed by atoms with Crippen LogP contribution in [0.2, 0.25) is 0 Å². The first kappa shape index (κ1) is 14.6. The summed E-state index contributed by atoms with van der Waals surface area (Å²) in [6.45, 7) is 5.95. The van der Waals surface area contributed by atoms with Crippen LogP contribution in [0.4, 0.5) is 4.79 Å². The van der Waals surface area contributed by atoms with Gasteiger partial charge in [-0.3, -0.25) is 4.90 Å². The van der Waals surface area contributed by atoms with Crippen LogP contribution in [-0.2, 0) is 4.79 Å². The third kappa shape index (κ3) is 2.50. The molecule has 3 fully saturated rings. The Balaban J connectivity index is 1.73. The quantitative estimate of drug-likeness (QED) is 0.790. The predicted octanol–water partition coefficient (Wildman–Crippen LogP) is 1.22. The first-order valence-electron chi connectivity index (χ1n) is 8.06. The minimum Gasteiger partial charge on any atom is -0.480 e. The van der Waals surface area contributed by atoms with E-state index in [9.17, 15) is 14.7 Å². The molecule has 0 radical (unpaired) electrons. The number of carbonyl (C=O) groups excluding carboxylic acids is 1. The lowest BCUT2D eigenvalue weighted by Gasteiger charge is -2.36. The second kappa shape index (κ2) is 5.48. The van der Waals surface area contributed by atoms with E-state index in [1.54, 1.807) is 11.8 Å². The highest BCUT2D eigenvalue weighted by Crippen LogP contribution is 2.31. The first-order chi connectivity index (χ1) is 10.0. The molecule has 0 aliphatic carbocycles. The average molecular weight is 295 g/mol. The van der Waals surface area contributed by atoms with Crippen molar-refractivity contribution >= 4 is 12.0 Å². The molecular formula is C15H25N3O3. The molecular weight excluding hydrogens is 270 g/mol. The van der Waals surface area contributed by atoms with Crippen molar-refractivity contribution < 1.29 is 14.7 Å². The second-order valence-corrected chi connectivity index (χ2v) is 6.75. The number of rotatable bonds is 1. The zero-order valence-corrected chi connectivity index (χ0v) is 12.8. The Morgan fingerprint density at radius 3 is 2.62 bits per heavy atom. The number of hydrogen-bond acceptors (Lipinski definition) is 3. The monoisotopic (exact) mass is 295 g/mol. The van der Waals surface area contributed by atoms with E-state index in [4.69, 9.17) is 0 Å². The Hall–Kier alpha value is -1.30. The van der Waals surface area contributed by atoms with Crippen LogP contribution in [0, 0.1) is 0 Å². The molecule has 3 aliphatic heterocycles. The van der Waals surface area contributed by atoms with E-state index in [1.165, 1.54) is 6.42 Å². The highest BCUT2D eigenvalue weighted by Gasteiger charge is 2.47. The van der Waals surface area contributed by atoms with E-state index >= 15 is 0 Å². The number of hydrogen-bond donors (Lipinski definition) is 1. The number of aliphatic carboxylic acids is 1. The smallest absolute Gasteiger partial charge is 0.329 e. The van der Waals surface area contributed by atoms with Gasteiger partial charge in [0.25, 0.3) is 0 Å². The summed E-state index contributed by atoms with van der Waals surface area (Å²) in [7, 11) is 0. The number of likely N-dealkylation sites (tertiary alicyclic amines) is 1. The van der Waals surface area contributed by atoms with Gasteiger partial charge in [-0.05, 0) is 45.6 Å². The van der Waals surface area contributed by atoms with Crippen molar-refractivity contribution in [3.63, 3.8) is 0 Å². The summed E-state index contributed by atoms with van der Waals surface area (Å²) in [6.07, 6.45) is 4.68. The van der Waals surface area contributed by atoms with Gasteiger partial charge < -0.3 is 14.9 Å².